The molecule has 1 heterocycles. The summed E-state index contributed by atoms with van der Waals surface area (Å²) in [4.78, 5) is 0. The molecule has 2 N–H and O–H groups in total. The third kappa shape index (κ3) is 6.54. The average molecular weight is 541 g/mol. The van der Waals surface area contributed by atoms with Gasteiger partial charge >= 0.3 is 0 Å². The molecule has 3 unspecified atom stereocenters. The molecule has 4 aromatic carbocycles. The SMILES string of the molecule is Cc1c(O)ccc([C@H]2OC(C)[C@@H](OCc3ccccc3)C(OCc3ccccc3)C2OCc2ccccc2)c1O. The zero-order chi connectivity index (χ0) is 27.9. The Morgan fingerprint density at radius 3 is 1.55 bits per heavy atom. The van der Waals surface area contributed by atoms with Crippen LogP contribution in [0, 0.1) is 6.92 Å². The fourth-order valence-electron chi connectivity index (χ4n) is 5.11. The Kier molecular flexibility index (Phi) is 9.14. The highest BCUT2D eigenvalue weighted by atomic mass is 16.6. The first-order valence-electron chi connectivity index (χ1n) is 13.6. The van der Waals surface area contributed by atoms with Crippen LogP contribution in [0.25, 0.3) is 0 Å². The number of hydrogen-bond acceptors (Lipinski definition) is 6. The molecule has 208 valence electrons. The summed E-state index contributed by atoms with van der Waals surface area (Å²) in [6.45, 7) is 4.72. The molecule has 4 aromatic rings. The predicted molar refractivity (Wildman–Crippen MR) is 153 cm³/mol. The van der Waals surface area contributed by atoms with E-state index in [1.165, 1.54) is 0 Å². The second kappa shape index (κ2) is 13.1. The van der Waals surface area contributed by atoms with Crippen LogP contribution in [0.4, 0.5) is 0 Å². The minimum Gasteiger partial charge on any atom is -0.508 e. The van der Waals surface area contributed by atoms with E-state index in [9.17, 15) is 10.2 Å². The molecule has 0 spiro atoms. The van der Waals surface area contributed by atoms with Crippen molar-refractivity contribution in [1.82, 2.24) is 0 Å². The van der Waals surface area contributed by atoms with Crippen LogP contribution < -0.4 is 0 Å². The number of benzene rings is 4. The fraction of sp³-hybridized carbons (Fsp3) is 0.294. The summed E-state index contributed by atoms with van der Waals surface area (Å²) in [6, 6.07) is 33.2. The summed E-state index contributed by atoms with van der Waals surface area (Å²) in [5, 5.41) is 21.3. The van der Waals surface area contributed by atoms with Crippen LogP contribution in [0.15, 0.2) is 103 Å². The average Bonchev–Trinajstić information content (AvgIpc) is 2.99. The molecule has 0 radical (unpaired) electrons. The van der Waals surface area contributed by atoms with Crippen LogP contribution in [0.2, 0.25) is 0 Å². The lowest BCUT2D eigenvalue weighted by atomic mass is 9.89. The van der Waals surface area contributed by atoms with Crippen LogP contribution in [-0.2, 0) is 38.8 Å². The highest BCUT2D eigenvalue weighted by Gasteiger charge is 2.48. The summed E-state index contributed by atoms with van der Waals surface area (Å²) < 4.78 is 26.3. The summed E-state index contributed by atoms with van der Waals surface area (Å²) in [5.74, 6) is 0.00350. The van der Waals surface area contributed by atoms with Crippen LogP contribution in [0.3, 0.4) is 0 Å². The Balaban J connectivity index is 1.49. The molecule has 1 fully saturated rings. The minimum atomic E-state index is -0.657. The number of rotatable bonds is 10. The van der Waals surface area contributed by atoms with Gasteiger partial charge in [0.05, 0.1) is 25.9 Å². The lowest BCUT2D eigenvalue weighted by molar-refractivity contribution is -0.264. The van der Waals surface area contributed by atoms with Gasteiger partial charge in [-0.15, -0.1) is 0 Å². The Labute approximate surface area is 235 Å². The van der Waals surface area contributed by atoms with E-state index in [-0.39, 0.29) is 17.6 Å². The van der Waals surface area contributed by atoms with Crippen molar-refractivity contribution in [3.8, 4) is 11.5 Å². The van der Waals surface area contributed by atoms with Gasteiger partial charge in [-0.1, -0.05) is 91.0 Å². The van der Waals surface area contributed by atoms with Gasteiger partial charge in [0.1, 0.15) is 35.9 Å². The van der Waals surface area contributed by atoms with Crippen molar-refractivity contribution < 1.29 is 29.2 Å². The van der Waals surface area contributed by atoms with E-state index >= 15 is 0 Å². The van der Waals surface area contributed by atoms with Crippen molar-refractivity contribution in [1.29, 1.82) is 0 Å². The maximum atomic E-state index is 11.1. The number of phenolic OH excluding ortho intramolecular Hbond substituents is 2. The van der Waals surface area contributed by atoms with E-state index in [0.717, 1.165) is 16.7 Å². The molecular weight excluding hydrogens is 504 g/mol. The molecule has 0 aliphatic carbocycles. The minimum absolute atomic E-state index is 0.0176. The van der Waals surface area contributed by atoms with Crippen molar-refractivity contribution in [3.05, 3.63) is 131 Å². The lowest BCUT2D eigenvalue weighted by Gasteiger charge is -2.45. The van der Waals surface area contributed by atoms with E-state index in [1.807, 2.05) is 97.9 Å². The van der Waals surface area contributed by atoms with Gasteiger partial charge in [-0.25, -0.2) is 0 Å². The first-order valence-corrected chi connectivity index (χ1v) is 13.6. The second-order valence-corrected chi connectivity index (χ2v) is 10.2. The van der Waals surface area contributed by atoms with Crippen LogP contribution in [0.1, 0.15) is 40.8 Å². The van der Waals surface area contributed by atoms with Gasteiger partial charge in [-0.05, 0) is 42.7 Å². The second-order valence-electron chi connectivity index (χ2n) is 10.2. The number of phenols is 2. The Morgan fingerprint density at radius 2 is 1.05 bits per heavy atom. The van der Waals surface area contributed by atoms with Crippen molar-refractivity contribution in [2.24, 2.45) is 0 Å². The molecule has 0 bridgehead atoms. The van der Waals surface area contributed by atoms with Gasteiger partial charge in [0.2, 0.25) is 0 Å². The fourth-order valence-corrected chi connectivity index (χ4v) is 5.11. The molecular formula is C34H36O6. The summed E-state index contributed by atoms with van der Waals surface area (Å²) in [5.41, 5.74) is 4.02. The van der Waals surface area contributed by atoms with Crippen molar-refractivity contribution >= 4 is 0 Å². The number of aromatic hydroxyl groups is 2. The monoisotopic (exact) mass is 540 g/mol. The summed E-state index contributed by atoms with van der Waals surface area (Å²) >= 11 is 0. The zero-order valence-electron chi connectivity index (χ0n) is 22.9. The summed E-state index contributed by atoms with van der Waals surface area (Å²) in [6.07, 6.45) is -2.61. The molecule has 0 amide bonds. The van der Waals surface area contributed by atoms with E-state index in [4.69, 9.17) is 18.9 Å². The maximum absolute atomic E-state index is 11.1. The van der Waals surface area contributed by atoms with Crippen LogP contribution in [-0.4, -0.2) is 34.6 Å². The van der Waals surface area contributed by atoms with E-state index in [0.29, 0.717) is 30.9 Å². The third-order valence-electron chi connectivity index (χ3n) is 7.37. The highest BCUT2D eigenvalue weighted by Crippen LogP contribution is 2.43. The van der Waals surface area contributed by atoms with Gasteiger partial charge in [0, 0.05) is 11.1 Å². The van der Waals surface area contributed by atoms with Gasteiger partial charge in [0.25, 0.3) is 0 Å². The van der Waals surface area contributed by atoms with E-state index in [2.05, 4.69) is 0 Å². The highest BCUT2D eigenvalue weighted by molar-refractivity contribution is 5.49. The molecule has 5 rings (SSSR count). The van der Waals surface area contributed by atoms with E-state index in [1.54, 1.807) is 19.1 Å². The van der Waals surface area contributed by atoms with Gasteiger partial charge in [-0.2, -0.15) is 0 Å². The maximum Gasteiger partial charge on any atom is 0.128 e. The largest absolute Gasteiger partial charge is 0.508 e. The van der Waals surface area contributed by atoms with Crippen molar-refractivity contribution in [2.45, 2.75) is 64.2 Å². The third-order valence-corrected chi connectivity index (χ3v) is 7.37. The standard InChI is InChI=1S/C34H36O6/c1-23-29(35)19-18-28(30(23)36)32-34(39-22-27-16-10-5-11-17-27)33(38-21-26-14-8-4-9-15-26)31(24(2)40-32)37-20-25-12-6-3-7-13-25/h3-19,24,31-36H,20-22H2,1-2H3/t24?,31-,32-,33?,34?/m1/s1. The van der Waals surface area contributed by atoms with Crippen molar-refractivity contribution in [3.63, 3.8) is 0 Å². The number of ether oxygens (including phenoxy) is 4. The topological polar surface area (TPSA) is 77.4 Å². The quantitative estimate of drug-likeness (QED) is 0.235. The Morgan fingerprint density at radius 1 is 0.600 bits per heavy atom. The van der Waals surface area contributed by atoms with E-state index < -0.39 is 24.4 Å². The first-order chi connectivity index (χ1) is 19.5. The van der Waals surface area contributed by atoms with Crippen molar-refractivity contribution in [2.75, 3.05) is 0 Å². The molecule has 1 aliphatic heterocycles. The smallest absolute Gasteiger partial charge is 0.128 e. The van der Waals surface area contributed by atoms with Crippen LogP contribution >= 0.6 is 0 Å². The zero-order valence-corrected chi connectivity index (χ0v) is 22.9. The first kappa shape index (κ1) is 27.9. The molecule has 5 atom stereocenters. The predicted octanol–water partition coefficient (Wildman–Crippen LogP) is 6.62. The molecule has 1 aliphatic rings. The normalized spacial score (nSPS) is 22.7. The number of hydrogen-bond donors (Lipinski definition) is 2. The molecule has 6 heteroatoms. The van der Waals surface area contributed by atoms with Gasteiger partial charge in [0.15, 0.2) is 0 Å². The molecule has 1 saturated heterocycles. The lowest BCUT2D eigenvalue weighted by Crippen LogP contribution is -2.56. The summed E-state index contributed by atoms with van der Waals surface area (Å²) in [7, 11) is 0. The molecule has 0 aromatic heterocycles. The Hall–Kier alpha value is -3.68. The molecule has 6 nitrogen and oxygen atoms in total. The Bertz CT molecular complexity index is 1350. The van der Waals surface area contributed by atoms with Gasteiger partial charge < -0.3 is 29.2 Å². The molecule has 40 heavy (non-hydrogen) atoms. The van der Waals surface area contributed by atoms with Crippen LogP contribution in [0.5, 0.6) is 11.5 Å². The van der Waals surface area contributed by atoms with Gasteiger partial charge in [-0.3, -0.25) is 0 Å². The molecule has 0 saturated carbocycles.